The smallest absolute Gasteiger partial charge is 0.326 e. The topological polar surface area (TPSA) is 66.5 Å². The van der Waals surface area contributed by atoms with Crippen LogP contribution in [0.5, 0.6) is 0 Å². The number of hydrogen-bond acceptors (Lipinski definition) is 3. The highest BCUT2D eigenvalue weighted by atomic mass is 32.2. The summed E-state index contributed by atoms with van der Waals surface area (Å²) in [5.41, 5.74) is 0.424. The molecule has 0 aliphatic rings. The van der Waals surface area contributed by atoms with Gasteiger partial charge in [0.25, 0.3) is 0 Å². The van der Waals surface area contributed by atoms with E-state index in [1.165, 1.54) is 26.2 Å². The lowest BCUT2D eigenvalue weighted by Crippen LogP contribution is -2.24. The van der Waals surface area contributed by atoms with Crippen LogP contribution in [0.15, 0.2) is 23.1 Å². The Morgan fingerprint density at radius 2 is 1.86 bits per heavy atom. The molecule has 1 N–H and O–H groups in total. The Hall–Kier alpha value is -1.61. The molecule has 1 rings (SSSR count). The summed E-state index contributed by atoms with van der Waals surface area (Å²) in [5.74, 6) is -1.25. The van der Waals surface area contributed by atoms with Gasteiger partial charge in [-0.1, -0.05) is 6.07 Å². The molecule has 1 aromatic rings. The molecule has 5 nitrogen and oxygen atoms in total. The highest BCUT2D eigenvalue weighted by Crippen LogP contribution is 2.24. The average molecular weight is 324 g/mol. The van der Waals surface area contributed by atoms with Crippen molar-refractivity contribution in [2.45, 2.75) is 24.4 Å². The maximum atomic E-state index is 12.1. The van der Waals surface area contributed by atoms with Crippen molar-refractivity contribution in [3.05, 3.63) is 23.8 Å². The number of anilines is 1. The molecule has 0 atom stereocenters. The van der Waals surface area contributed by atoms with Crippen molar-refractivity contribution in [1.82, 2.24) is 4.31 Å². The van der Waals surface area contributed by atoms with Gasteiger partial charge in [-0.2, -0.15) is 13.2 Å². The standard InChI is InChI=1S/C12H15F3N2O3S/c1-8-4-5-9(16-11(18)7-12(13,14)15)6-10(8)21(19,20)17(2)3/h4-6H,7H2,1-3H3,(H,16,18). The summed E-state index contributed by atoms with van der Waals surface area (Å²) in [6.45, 7) is 1.55. The van der Waals surface area contributed by atoms with Crippen LogP contribution in [-0.4, -0.2) is 38.9 Å². The van der Waals surface area contributed by atoms with Crippen LogP contribution in [0.2, 0.25) is 0 Å². The fourth-order valence-electron chi connectivity index (χ4n) is 1.54. The zero-order chi connectivity index (χ0) is 16.4. The molecule has 118 valence electrons. The molecular formula is C12H15F3N2O3S. The molecule has 1 amide bonds. The molecule has 0 radical (unpaired) electrons. The van der Waals surface area contributed by atoms with Crippen LogP contribution >= 0.6 is 0 Å². The first-order valence-electron chi connectivity index (χ1n) is 5.83. The van der Waals surface area contributed by atoms with Gasteiger partial charge in [-0.3, -0.25) is 4.79 Å². The number of sulfonamides is 1. The molecule has 1 aromatic carbocycles. The minimum atomic E-state index is -4.62. The third-order valence-corrected chi connectivity index (χ3v) is 4.55. The van der Waals surface area contributed by atoms with E-state index in [4.69, 9.17) is 0 Å². The molecule has 0 spiro atoms. The minimum Gasteiger partial charge on any atom is -0.326 e. The van der Waals surface area contributed by atoms with Crippen molar-refractivity contribution in [2.75, 3.05) is 19.4 Å². The number of nitrogens with one attached hydrogen (secondary N) is 1. The number of amides is 1. The van der Waals surface area contributed by atoms with E-state index in [1.54, 1.807) is 6.92 Å². The molecule has 21 heavy (non-hydrogen) atoms. The van der Waals surface area contributed by atoms with E-state index in [9.17, 15) is 26.4 Å². The maximum Gasteiger partial charge on any atom is 0.397 e. The number of alkyl halides is 3. The Bertz CT molecular complexity index is 640. The quantitative estimate of drug-likeness (QED) is 0.923. The third-order valence-electron chi connectivity index (χ3n) is 2.59. The zero-order valence-corrected chi connectivity index (χ0v) is 12.5. The second-order valence-corrected chi connectivity index (χ2v) is 6.73. The minimum absolute atomic E-state index is 0.00438. The summed E-state index contributed by atoms with van der Waals surface area (Å²) < 4.78 is 61.3. The molecule has 0 bridgehead atoms. The van der Waals surface area contributed by atoms with Crippen molar-refractivity contribution >= 4 is 21.6 Å². The molecule has 0 aliphatic heterocycles. The second kappa shape index (κ2) is 6.02. The molecule has 0 unspecified atom stereocenters. The Morgan fingerprint density at radius 3 is 2.33 bits per heavy atom. The van der Waals surface area contributed by atoms with Gasteiger partial charge >= 0.3 is 6.18 Å². The first-order valence-corrected chi connectivity index (χ1v) is 7.27. The maximum absolute atomic E-state index is 12.1. The molecule has 0 fully saturated rings. The number of carbonyl (C=O) groups is 1. The summed E-state index contributed by atoms with van der Waals surface area (Å²) >= 11 is 0. The van der Waals surface area contributed by atoms with E-state index < -0.39 is 28.5 Å². The van der Waals surface area contributed by atoms with E-state index in [1.807, 2.05) is 5.32 Å². The van der Waals surface area contributed by atoms with Crippen LogP contribution in [0.25, 0.3) is 0 Å². The van der Waals surface area contributed by atoms with Crippen LogP contribution in [0.1, 0.15) is 12.0 Å². The van der Waals surface area contributed by atoms with Crippen molar-refractivity contribution in [1.29, 1.82) is 0 Å². The van der Waals surface area contributed by atoms with Gasteiger partial charge in [0.15, 0.2) is 0 Å². The van der Waals surface area contributed by atoms with Gasteiger partial charge in [0, 0.05) is 19.8 Å². The Labute approximate surface area is 120 Å². The summed E-state index contributed by atoms with van der Waals surface area (Å²) in [6.07, 6.45) is -6.25. The summed E-state index contributed by atoms with van der Waals surface area (Å²) in [5, 5.41) is 2.04. The number of halogens is 3. The normalized spacial score (nSPS) is 12.5. The van der Waals surface area contributed by atoms with Gasteiger partial charge in [-0.15, -0.1) is 0 Å². The molecule has 9 heteroatoms. The number of carbonyl (C=O) groups excluding carboxylic acids is 1. The summed E-state index contributed by atoms with van der Waals surface area (Å²) in [4.78, 5) is 11.1. The average Bonchev–Trinajstić information content (AvgIpc) is 2.28. The van der Waals surface area contributed by atoms with Crippen LogP contribution in [-0.2, 0) is 14.8 Å². The second-order valence-electron chi connectivity index (χ2n) is 4.61. The van der Waals surface area contributed by atoms with E-state index in [2.05, 4.69) is 0 Å². The van der Waals surface area contributed by atoms with Crippen LogP contribution in [0.3, 0.4) is 0 Å². The lowest BCUT2D eigenvalue weighted by Gasteiger charge is -2.15. The Morgan fingerprint density at radius 1 is 1.29 bits per heavy atom. The summed E-state index contributed by atoms with van der Waals surface area (Å²) in [6, 6.07) is 3.90. The van der Waals surface area contributed by atoms with Gasteiger partial charge in [-0.05, 0) is 24.6 Å². The van der Waals surface area contributed by atoms with E-state index in [0.29, 0.717) is 5.56 Å². The summed E-state index contributed by atoms with van der Waals surface area (Å²) in [7, 11) is -1.07. The highest BCUT2D eigenvalue weighted by Gasteiger charge is 2.31. The van der Waals surface area contributed by atoms with Gasteiger partial charge in [0.05, 0.1) is 4.90 Å². The van der Waals surface area contributed by atoms with Crippen LogP contribution in [0.4, 0.5) is 18.9 Å². The first kappa shape index (κ1) is 17.4. The number of nitrogens with zero attached hydrogens (tertiary/aromatic N) is 1. The first-order chi connectivity index (χ1) is 9.43. The van der Waals surface area contributed by atoms with E-state index in [0.717, 1.165) is 10.4 Å². The molecule has 0 aliphatic carbocycles. The number of rotatable bonds is 4. The predicted molar refractivity (Wildman–Crippen MR) is 71.4 cm³/mol. The Kier molecular flexibility index (Phi) is 5.00. The van der Waals surface area contributed by atoms with Crippen molar-refractivity contribution < 1.29 is 26.4 Å². The highest BCUT2D eigenvalue weighted by molar-refractivity contribution is 7.89. The van der Waals surface area contributed by atoms with Crippen molar-refractivity contribution in [3.8, 4) is 0 Å². The third kappa shape index (κ3) is 4.71. The van der Waals surface area contributed by atoms with Crippen molar-refractivity contribution in [3.63, 3.8) is 0 Å². The lowest BCUT2D eigenvalue weighted by atomic mass is 10.2. The van der Waals surface area contributed by atoms with Gasteiger partial charge in [0.2, 0.25) is 15.9 Å². The predicted octanol–water partition coefficient (Wildman–Crippen LogP) is 2.14. The van der Waals surface area contributed by atoms with Crippen molar-refractivity contribution in [2.24, 2.45) is 0 Å². The van der Waals surface area contributed by atoms with E-state index >= 15 is 0 Å². The van der Waals surface area contributed by atoms with E-state index in [-0.39, 0.29) is 10.6 Å². The van der Waals surface area contributed by atoms with Crippen LogP contribution < -0.4 is 5.32 Å². The fourth-order valence-corrected chi connectivity index (χ4v) is 2.68. The van der Waals surface area contributed by atoms with Gasteiger partial charge in [-0.25, -0.2) is 12.7 Å². The Balaban J connectivity index is 3.06. The molecule has 0 saturated heterocycles. The zero-order valence-electron chi connectivity index (χ0n) is 11.7. The van der Waals surface area contributed by atoms with Gasteiger partial charge in [0.1, 0.15) is 6.42 Å². The number of aryl methyl sites for hydroxylation is 1. The monoisotopic (exact) mass is 324 g/mol. The molecular weight excluding hydrogens is 309 g/mol. The number of hydrogen-bond donors (Lipinski definition) is 1. The lowest BCUT2D eigenvalue weighted by molar-refractivity contribution is -0.150. The fraction of sp³-hybridized carbons (Fsp3) is 0.417. The van der Waals surface area contributed by atoms with Gasteiger partial charge < -0.3 is 5.32 Å². The largest absolute Gasteiger partial charge is 0.397 e. The van der Waals surface area contributed by atoms with Crippen LogP contribution in [0, 0.1) is 6.92 Å². The number of benzene rings is 1. The molecule has 0 heterocycles. The molecule has 0 saturated carbocycles. The SMILES string of the molecule is Cc1ccc(NC(=O)CC(F)(F)F)cc1S(=O)(=O)N(C)C. The molecule has 0 aromatic heterocycles.